The second kappa shape index (κ2) is 7.04. The van der Waals surface area contributed by atoms with Crippen LogP contribution in [0.4, 0.5) is 5.69 Å². The van der Waals surface area contributed by atoms with E-state index in [1.54, 1.807) is 4.57 Å². The first-order chi connectivity index (χ1) is 9.36. The number of carbonyl (C=O) groups excluding carboxylic acids is 1. The SMILES string of the molecule is CC(CCCO)NC(=O)c1cc([N+](=O)[O-])cn1C(C)C. The number of nitro groups is 1. The molecule has 1 unspecified atom stereocenters. The third-order valence-electron chi connectivity index (χ3n) is 3.01. The van der Waals surface area contributed by atoms with Crippen molar-refractivity contribution in [2.75, 3.05) is 6.61 Å². The molecule has 0 fully saturated rings. The van der Waals surface area contributed by atoms with Gasteiger partial charge >= 0.3 is 0 Å². The van der Waals surface area contributed by atoms with Crippen molar-refractivity contribution >= 4 is 11.6 Å². The first-order valence-electron chi connectivity index (χ1n) is 6.64. The van der Waals surface area contributed by atoms with E-state index in [1.807, 2.05) is 20.8 Å². The lowest BCUT2D eigenvalue weighted by atomic mass is 10.2. The van der Waals surface area contributed by atoms with E-state index in [0.29, 0.717) is 12.8 Å². The summed E-state index contributed by atoms with van der Waals surface area (Å²) < 4.78 is 1.59. The van der Waals surface area contributed by atoms with Gasteiger partial charge in [0.2, 0.25) is 0 Å². The third kappa shape index (κ3) is 4.06. The van der Waals surface area contributed by atoms with Gasteiger partial charge < -0.3 is 15.0 Å². The Morgan fingerprint density at radius 3 is 2.65 bits per heavy atom. The molecule has 1 aromatic rings. The molecule has 0 bridgehead atoms. The molecule has 20 heavy (non-hydrogen) atoms. The van der Waals surface area contributed by atoms with Crippen LogP contribution in [0, 0.1) is 10.1 Å². The summed E-state index contributed by atoms with van der Waals surface area (Å²) in [7, 11) is 0. The Morgan fingerprint density at radius 2 is 2.15 bits per heavy atom. The molecule has 112 valence electrons. The number of nitrogens with zero attached hydrogens (tertiary/aromatic N) is 2. The Balaban J connectivity index is 2.88. The van der Waals surface area contributed by atoms with E-state index in [0.717, 1.165) is 0 Å². The third-order valence-corrected chi connectivity index (χ3v) is 3.01. The van der Waals surface area contributed by atoms with Crippen molar-refractivity contribution in [2.24, 2.45) is 0 Å². The predicted molar refractivity (Wildman–Crippen MR) is 74.7 cm³/mol. The number of hydrogen-bond donors (Lipinski definition) is 2. The Morgan fingerprint density at radius 1 is 1.50 bits per heavy atom. The molecule has 1 atom stereocenters. The highest BCUT2D eigenvalue weighted by Crippen LogP contribution is 2.20. The van der Waals surface area contributed by atoms with Gasteiger partial charge in [-0.15, -0.1) is 0 Å². The Labute approximate surface area is 117 Å². The van der Waals surface area contributed by atoms with Crippen molar-refractivity contribution in [1.82, 2.24) is 9.88 Å². The zero-order valence-corrected chi connectivity index (χ0v) is 12.0. The molecule has 0 saturated carbocycles. The average molecular weight is 283 g/mol. The summed E-state index contributed by atoms with van der Waals surface area (Å²) in [6, 6.07) is 1.15. The van der Waals surface area contributed by atoms with Crippen LogP contribution >= 0.6 is 0 Å². The Hall–Kier alpha value is -1.89. The lowest BCUT2D eigenvalue weighted by molar-refractivity contribution is -0.384. The topological polar surface area (TPSA) is 97.4 Å². The van der Waals surface area contributed by atoms with E-state index < -0.39 is 4.92 Å². The van der Waals surface area contributed by atoms with Gasteiger partial charge in [0.15, 0.2) is 0 Å². The zero-order chi connectivity index (χ0) is 15.3. The van der Waals surface area contributed by atoms with Crippen LogP contribution in [-0.2, 0) is 0 Å². The number of aliphatic hydroxyl groups is 1. The molecule has 7 nitrogen and oxygen atoms in total. The zero-order valence-electron chi connectivity index (χ0n) is 12.0. The lowest BCUT2D eigenvalue weighted by Crippen LogP contribution is -2.34. The highest BCUT2D eigenvalue weighted by molar-refractivity contribution is 5.93. The van der Waals surface area contributed by atoms with Gasteiger partial charge in [-0.2, -0.15) is 0 Å². The second-order valence-electron chi connectivity index (χ2n) is 5.08. The number of amides is 1. The van der Waals surface area contributed by atoms with E-state index in [2.05, 4.69) is 5.32 Å². The monoisotopic (exact) mass is 283 g/mol. The highest BCUT2D eigenvalue weighted by Gasteiger charge is 2.21. The van der Waals surface area contributed by atoms with Crippen LogP contribution in [0.25, 0.3) is 0 Å². The smallest absolute Gasteiger partial charge is 0.287 e. The average Bonchev–Trinajstić information content (AvgIpc) is 2.81. The van der Waals surface area contributed by atoms with Crippen LogP contribution < -0.4 is 5.32 Å². The molecular weight excluding hydrogens is 262 g/mol. The van der Waals surface area contributed by atoms with Crippen LogP contribution in [0.15, 0.2) is 12.3 Å². The van der Waals surface area contributed by atoms with Gasteiger partial charge in [-0.25, -0.2) is 0 Å². The minimum Gasteiger partial charge on any atom is -0.396 e. The molecule has 1 rings (SSSR count). The van der Waals surface area contributed by atoms with Gasteiger partial charge in [0, 0.05) is 24.8 Å². The van der Waals surface area contributed by atoms with E-state index >= 15 is 0 Å². The van der Waals surface area contributed by atoms with Crippen LogP contribution in [0.5, 0.6) is 0 Å². The predicted octanol–water partition coefficient (Wildman–Crippen LogP) is 1.87. The Kier molecular flexibility index (Phi) is 5.69. The molecule has 0 saturated heterocycles. The molecule has 7 heteroatoms. The van der Waals surface area contributed by atoms with Crippen LogP contribution in [-0.4, -0.2) is 33.2 Å². The fourth-order valence-corrected chi connectivity index (χ4v) is 1.94. The maximum atomic E-state index is 12.2. The molecule has 0 spiro atoms. The minimum atomic E-state index is -0.509. The summed E-state index contributed by atoms with van der Waals surface area (Å²) in [4.78, 5) is 22.5. The van der Waals surface area contributed by atoms with Crippen molar-refractivity contribution in [3.8, 4) is 0 Å². The van der Waals surface area contributed by atoms with E-state index in [4.69, 9.17) is 5.11 Å². The van der Waals surface area contributed by atoms with Crippen molar-refractivity contribution in [2.45, 2.75) is 45.7 Å². The molecule has 0 aromatic carbocycles. The quantitative estimate of drug-likeness (QED) is 0.589. The fraction of sp³-hybridized carbons (Fsp3) is 0.615. The van der Waals surface area contributed by atoms with E-state index in [1.165, 1.54) is 12.3 Å². The molecule has 0 aliphatic heterocycles. The fourth-order valence-electron chi connectivity index (χ4n) is 1.94. The summed E-state index contributed by atoms with van der Waals surface area (Å²) in [5, 5.41) is 22.3. The van der Waals surface area contributed by atoms with E-state index in [-0.39, 0.29) is 36.0 Å². The maximum absolute atomic E-state index is 12.2. The standard InChI is InChI=1S/C13H21N3O4/c1-9(2)15-8-11(16(19)20)7-12(15)13(18)14-10(3)5-4-6-17/h7-10,17H,4-6H2,1-3H3,(H,14,18). The number of aliphatic hydroxyl groups excluding tert-OH is 1. The van der Waals surface area contributed by atoms with Gasteiger partial charge in [0.1, 0.15) is 5.69 Å². The first-order valence-corrected chi connectivity index (χ1v) is 6.64. The van der Waals surface area contributed by atoms with Gasteiger partial charge in [-0.05, 0) is 33.6 Å². The van der Waals surface area contributed by atoms with Gasteiger partial charge in [0.05, 0.1) is 11.1 Å². The maximum Gasteiger partial charge on any atom is 0.287 e. The molecular formula is C13H21N3O4. The number of aromatic nitrogens is 1. The normalized spacial score (nSPS) is 12.4. The molecule has 1 aromatic heterocycles. The number of rotatable bonds is 7. The highest BCUT2D eigenvalue weighted by atomic mass is 16.6. The molecule has 0 aliphatic rings. The molecule has 0 radical (unpaired) electrons. The van der Waals surface area contributed by atoms with E-state index in [9.17, 15) is 14.9 Å². The van der Waals surface area contributed by atoms with Crippen molar-refractivity contribution in [1.29, 1.82) is 0 Å². The minimum absolute atomic E-state index is 0.0443. The summed E-state index contributed by atoms with van der Waals surface area (Å²) >= 11 is 0. The Bertz CT molecular complexity index is 482. The molecule has 1 heterocycles. The van der Waals surface area contributed by atoms with Crippen molar-refractivity contribution in [3.63, 3.8) is 0 Å². The van der Waals surface area contributed by atoms with Crippen LogP contribution in [0.1, 0.15) is 50.1 Å². The summed E-state index contributed by atoms with van der Waals surface area (Å²) in [5.41, 5.74) is 0.189. The summed E-state index contributed by atoms with van der Waals surface area (Å²) in [6.45, 7) is 5.63. The van der Waals surface area contributed by atoms with Crippen LogP contribution in [0.3, 0.4) is 0 Å². The molecule has 0 aliphatic carbocycles. The lowest BCUT2D eigenvalue weighted by Gasteiger charge is -2.16. The number of hydrogen-bond acceptors (Lipinski definition) is 4. The number of nitrogens with one attached hydrogen (secondary N) is 1. The van der Waals surface area contributed by atoms with Gasteiger partial charge in [-0.1, -0.05) is 0 Å². The summed E-state index contributed by atoms with van der Waals surface area (Å²) in [6.07, 6.45) is 2.64. The largest absolute Gasteiger partial charge is 0.396 e. The first kappa shape index (κ1) is 16.2. The number of carbonyl (C=O) groups is 1. The summed E-state index contributed by atoms with van der Waals surface area (Å²) in [5.74, 6) is -0.336. The molecule has 1 amide bonds. The van der Waals surface area contributed by atoms with Crippen LogP contribution in [0.2, 0.25) is 0 Å². The van der Waals surface area contributed by atoms with Crippen molar-refractivity contribution < 1.29 is 14.8 Å². The molecule has 2 N–H and O–H groups in total. The second-order valence-corrected chi connectivity index (χ2v) is 5.08. The van der Waals surface area contributed by atoms with Gasteiger partial charge in [0.25, 0.3) is 11.6 Å². The van der Waals surface area contributed by atoms with Gasteiger partial charge in [-0.3, -0.25) is 14.9 Å². The van der Waals surface area contributed by atoms with Crippen molar-refractivity contribution in [3.05, 3.63) is 28.1 Å².